The lowest BCUT2D eigenvalue weighted by molar-refractivity contribution is 0.0892. The normalized spacial score (nSPS) is 15.1. The zero-order chi connectivity index (χ0) is 24.4. The Hall–Kier alpha value is -2.87. The minimum absolute atomic E-state index is 0.0519. The molecule has 0 spiro atoms. The summed E-state index contributed by atoms with van der Waals surface area (Å²) in [6.07, 6.45) is 1.93. The third-order valence-electron chi connectivity index (χ3n) is 6.57. The van der Waals surface area contributed by atoms with Crippen LogP contribution in [-0.2, 0) is 6.54 Å². The van der Waals surface area contributed by atoms with E-state index in [1.165, 1.54) is 11.3 Å². The van der Waals surface area contributed by atoms with E-state index in [1.807, 2.05) is 53.1 Å². The Balaban J connectivity index is 1.39. The molecule has 3 aromatic heterocycles. The molecule has 0 bridgehead atoms. The second-order valence-corrected chi connectivity index (χ2v) is 10.9. The van der Waals surface area contributed by atoms with Crippen LogP contribution in [0.3, 0.4) is 0 Å². The number of rotatable bonds is 7. The quantitative estimate of drug-likeness (QED) is 0.324. The van der Waals surface area contributed by atoms with Gasteiger partial charge in [0.2, 0.25) is 0 Å². The standard InChI is InChI=1S/C27H29ClN4O2S/c1-18(2)31-14-12-20(13-15-31)29-27(33)23-9-8-22(19-6-4-3-5-7-19)32(23)17-21-16-24(34-30-21)25-10-11-26(28)35-25/h3-11,16,18,20H,12-15,17H2,1-2H3,(H,29,33). The molecular formula is C27H29ClN4O2S. The summed E-state index contributed by atoms with van der Waals surface area (Å²) < 4.78 is 8.32. The Morgan fingerprint density at radius 3 is 2.60 bits per heavy atom. The molecule has 0 saturated carbocycles. The van der Waals surface area contributed by atoms with Crippen molar-refractivity contribution in [2.45, 2.75) is 45.3 Å². The highest BCUT2D eigenvalue weighted by Gasteiger charge is 2.25. The number of piperidine rings is 1. The molecule has 0 radical (unpaired) electrons. The van der Waals surface area contributed by atoms with Crippen molar-refractivity contribution in [1.82, 2.24) is 19.9 Å². The molecule has 1 N–H and O–H groups in total. The Morgan fingerprint density at radius 1 is 1.14 bits per heavy atom. The number of thiophene rings is 1. The van der Waals surface area contributed by atoms with E-state index in [0.717, 1.165) is 47.8 Å². The number of aromatic nitrogens is 2. The number of carbonyl (C=O) groups excluding carboxylic acids is 1. The predicted octanol–water partition coefficient (Wildman–Crippen LogP) is 6.18. The van der Waals surface area contributed by atoms with Crippen LogP contribution in [-0.4, -0.2) is 45.7 Å². The van der Waals surface area contributed by atoms with Gasteiger partial charge in [-0.2, -0.15) is 0 Å². The summed E-state index contributed by atoms with van der Waals surface area (Å²) in [5.41, 5.74) is 3.38. The largest absolute Gasteiger partial charge is 0.355 e. The fraction of sp³-hybridized carbons (Fsp3) is 0.333. The SMILES string of the molecule is CC(C)N1CCC(NC(=O)c2ccc(-c3ccccc3)n2Cc2cc(-c3ccc(Cl)s3)on2)CC1. The third kappa shape index (κ3) is 5.37. The zero-order valence-electron chi connectivity index (χ0n) is 19.9. The van der Waals surface area contributed by atoms with Crippen molar-refractivity contribution in [2.24, 2.45) is 0 Å². The molecule has 0 aliphatic carbocycles. The van der Waals surface area contributed by atoms with Crippen LogP contribution < -0.4 is 5.32 Å². The molecule has 1 saturated heterocycles. The van der Waals surface area contributed by atoms with Crippen molar-refractivity contribution in [3.8, 4) is 21.9 Å². The van der Waals surface area contributed by atoms with E-state index in [1.54, 1.807) is 0 Å². The first-order valence-electron chi connectivity index (χ1n) is 12.0. The predicted molar refractivity (Wildman–Crippen MR) is 141 cm³/mol. The smallest absolute Gasteiger partial charge is 0.268 e. The van der Waals surface area contributed by atoms with E-state index in [2.05, 4.69) is 41.4 Å². The van der Waals surface area contributed by atoms with Crippen molar-refractivity contribution >= 4 is 28.8 Å². The van der Waals surface area contributed by atoms with Crippen LogP contribution in [0, 0.1) is 0 Å². The Labute approximate surface area is 214 Å². The van der Waals surface area contributed by atoms with Gasteiger partial charge in [-0.05, 0) is 56.5 Å². The maximum atomic E-state index is 13.4. The van der Waals surface area contributed by atoms with Gasteiger partial charge in [-0.25, -0.2) is 0 Å². The maximum Gasteiger partial charge on any atom is 0.268 e. The molecule has 182 valence electrons. The lowest BCUT2D eigenvalue weighted by Crippen LogP contribution is -2.46. The highest BCUT2D eigenvalue weighted by atomic mass is 35.5. The molecule has 1 fully saturated rings. The van der Waals surface area contributed by atoms with Gasteiger partial charge < -0.3 is 19.3 Å². The summed E-state index contributed by atoms with van der Waals surface area (Å²) in [7, 11) is 0. The molecule has 1 aromatic carbocycles. The van der Waals surface area contributed by atoms with Crippen LogP contribution in [0.5, 0.6) is 0 Å². The number of hydrogen-bond donors (Lipinski definition) is 1. The van der Waals surface area contributed by atoms with Gasteiger partial charge in [0, 0.05) is 36.9 Å². The number of benzene rings is 1. The van der Waals surface area contributed by atoms with E-state index in [9.17, 15) is 4.79 Å². The lowest BCUT2D eigenvalue weighted by Gasteiger charge is -2.34. The molecule has 4 aromatic rings. The average Bonchev–Trinajstić information content (AvgIpc) is 3.60. The molecule has 6 nitrogen and oxygen atoms in total. The molecule has 8 heteroatoms. The highest BCUT2D eigenvalue weighted by molar-refractivity contribution is 7.19. The van der Waals surface area contributed by atoms with Crippen LogP contribution in [0.15, 0.2) is 65.2 Å². The van der Waals surface area contributed by atoms with Crippen molar-refractivity contribution in [3.05, 3.63) is 76.4 Å². The molecule has 0 atom stereocenters. The van der Waals surface area contributed by atoms with Crippen LogP contribution in [0.25, 0.3) is 21.9 Å². The van der Waals surface area contributed by atoms with Crippen molar-refractivity contribution in [1.29, 1.82) is 0 Å². The van der Waals surface area contributed by atoms with Gasteiger partial charge >= 0.3 is 0 Å². The summed E-state index contributed by atoms with van der Waals surface area (Å²) in [5, 5.41) is 7.56. The highest BCUT2D eigenvalue weighted by Crippen LogP contribution is 2.32. The van der Waals surface area contributed by atoms with E-state index < -0.39 is 0 Å². The number of hydrogen-bond acceptors (Lipinski definition) is 5. The Kier molecular flexibility index (Phi) is 7.09. The van der Waals surface area contributed by atoms with E-state index in [-0.39, 0.29) is 11.9 Å². The van der Waals surface area contributed by atoms with Crippen LogP contribution in [0.4, 0.5) is 0 Å². The molecule has 35 heavy (non-hydrogen) atoms. The van der Waals surface area contributed by atoms with Crippen LogP contribution in [0.1, 0.15) is 42.9 Å². The monoisotopic (exact) mass is 508 g/mol. The lowest BCUT2D eigenvalue weighted by atomic mass is 10.0. The summed E-state index contributed by atoms with van der Waals surface area (Å²) in [4.78, 5) is 16.8. The van der Waals surface area contributed by atoms with Gasteiger partial charge in [0.05, 0.1) is 15.8 Å². The number of carbonyl (C=O) groups is 1. The fourth-order valence-corrected chi connectivity index (χ4v) is 5.62. The number of halogens is 1. The molecule has 1 amide bonds. The van der Waals surface area contributed by atoms with E-state index >= 15 is 0 Å². The first kappa shape index (κ1) is 23.9. The third-order valence-corrected chi connectivity index (χ3v) is 7.82. The van der Waals surface area contributed by atoms with Crippen molar-refractivity contribution < 1.29 is 9.32 Å². The molecule has 0 unspecified atom stereocenters. The van der Waals surface area contributed by atoms with Gasteiger partial charge in [-0.1, -0.05) is 47.1 Å². The minimum Gasteiger partial charge on any atom is -0.355 e. The van der Waals surface area contributed by atoms with Crippen molar-refractivity contribution in [3.63, 3.8) is 0 Å². The first-order chi connectivity index (χ1) is 17.0. The number of nitrogens with zero attached hydrogens (tertiary/aromatic N) is 3. The molecular weight excluding hydrogens is 480 g/mol. The Morgan fingerprint density at radius 2 is 1.91 bits per heavy atom. The summed E-state index contributed by atoms with van der Waals surface area (Å²) in [5.74, 6) is 0.622. The van der Waals surface area contributed by atoms with Crippen LogP contribution in [0.2, 0.25) is 4.34 Å². The zero-order valence-corrected chi connectivity index (χ0v) is 21.5. The summed E-state index contributed by atoms with van der Waals surface area (Å²) in [6.45, 7) is 6.88. The average molecular weight is 509 g/mol. The maximum absolute atomic E-state index is 13.4. The van der Waals surface area contributed by atoms with Gasteiger partial charge in [-0.15, -0.1) is 11.3 Å². The molecule has 4 heterocycles. The second kappa shape index (κ2) is 10.4. The Bertz CT molecular complexity index is 1290. The molecule has 1 aliphatic rings. The van der Waals surface area contributed by atoms with Gasteiger partial charge in [0.25, 0.3) is 5.91 Å². The minimum atomic E-state index is -0.0519. The van der Waals surface area contributed by atoms with Gasteiger partial charge in [0.15, 0.2) is 5.76 Å². The second-order valence-electron chi connectivity index (χ2n) is 9.22. The van der Waals surface area contributed by atoms with Crippen LogP contribution >= 0.6 is 22.9 Å². The van der Waals surface area contributed by atoms with Gasteiger partial charge in [0.1, 0.15) is 11.4 Å². The van der Waals surface area contributed by atoms with Crippen molar-refractivity contribution in [2.75, 3.05) is 13.1 Å². The summed E-state index contributed by atoms with van der Waals surface area (Å²) >= 11 is 7.53. The summed E-state index contributed by atoms with van der Waals surface area (Å²) in [6, 6.07) is 20.4. The number of nitrogens with one attached hydrogen (secondary N) is 1. The molecule has 5 rings (SSSR count). The van der Waals surface area contributed by atoms with E-state index in [0.29, 0.717) is 28.4 Å². The molecule has 1 aliphatic heterocycles. The first-order valence-corrected chi connectivity index (χ1v) is 13.2. The van der Waals surface area contributed by atoms with Gasteiger partial charge in [-0.3, -0.25) is 4.79 Å². The topological polar surface area (TPSA) is 63.3 Å². The fourth-order valence-electron chi connectivity index (χ4n) is 4.63. The number of likely N-dealkylation sites (tertiary alicyclic amines) is 1. The van der Waals surface area contributed by atoms with E-state index in [4.69, 9.17) is 16.1 Å². The number of amides is 1.